The number of aromatic nitrogens is 1. The summed E-state index contributed by atoms with van der Waals surface area (Å²) < 4.78 is 16.8. The van der Waals surface area contributed by atoms with Crippen LogP contribution in [-0.4, -0.2) is 66.6 Å². The first-order valence-electron chi connectivity index (χ1n) is 9.50. The van der Waals surface area contributed by atoms with E-state index in [-0.39, 0.29) is 5.91 Å². The highest BCUT2D eigenvalue weighted by molar-refractivity contribution is 5.97. The lowest BCUT2D eigenvalue weighted by molar-refractivity contribution is 0.0750. The van der Waals surface area contributed by atoms with Gasteiger partial charge in [0.1, 0.15) is 13.2 Å². The maximum atomic E-state index is 13.0. The molecule has 0 spiro atoms. The topological polar surface area (TPSA) is 68.0 Å². The lowest BCUT2D eigenvalue weighted by atomic mass is 10.1. The first kappa shape index (κ1) is 17.9. The van der Waals surface area contributed by atoms with Crippen LogP contribution in [-0.2, 0) is 0 Å². The van der Waals surface area contributed by atoms with Crippen molar-refractivity contribution in [2.75, 3.05) is 39.9 Å². The summed E-state index contributed by atoms with van der Waals surface area (Å²) in [7, 11) is 1.83. The van der Waals surface area contributed by atoms with Gasteiger partial charge in [0.15, 0.2) is 29.3 Å². The molecule has 1 unspecified atom stereocenters. The number of likely N-dealkylation sites (N-methyl/N-ethyl adjacent to an activating group) is 2. The smallest absolute Gasteiger partial charge is 0.276 e. The van der Waals surface area contributed by atoms with E-state index in [0.29, 0.717) is 48.8 Å². The number of likely N-dealkylation sites (tertiary alicyclic amines) is 1. The summed E-state index contributed by atoms with van der Waals surface area (Å²) in [5, 5.41) is 0. The van der Waals surface area contributed by atoms with Crippen molar-refractivity contribution in [3.8, 4) is 22.8 Å². The van der Waals surface area contributed by atoms with Gasteiger partial charge in [-0.1, -0.05) is 6.92 Å². The molecule has 0 radical (unpaired) electrons. The number of benzene rings is 1. The van der Waals surface area contributed by atoms with Gasteiger partial charge in [-0.2, -0.15) is 0 Å². The number of amides is 1. The van der Waals surface area contributed by atoms with Crippen molar-refractivity contribution in [3.05, 3.63) is 30.3 Å². The van der Waals surface area contributed by atoms with Crippen LogP contribution < -0.4 is 9.47 Å². The number of hydrogen-bond acceptors (Lipinski definition) is 6. The molecular weight excluding hydrogens is 346 g/mol. The van der Waals surface area contributed by atoms with Crippen LogP contribution >= 0.6 is 0 Å². The zero-order valence-electron chi connectivity index (χ0n) is 15.8. The van der Waals surface area contributed by atoms with Gasteiger partial charge >= 0.3 is 0 Å². The molecule has 1 saturated heterocycles. The van der Waals surface area contributed by atoms with Gasteiger partial charge in [-0.3, -0.25) is 9.69 Å². The van der Waals surface area contributed by atoms with Gasteiger partial charge in [0.25, 0.3) is 5.91 Å². The molecule has 1 aromatic heterocycles. The van der Waals surface area contributed by atoms with Crippen molar-refractivity contribution in [2.45, 2.75) is 25.8 Å². The minimum atomic E-state index is -0.128. The molecule has 0 aliphatic carbocycles. The van der Waals surface area contributed by atoms with Gasteiger partial charge in [-0.25, -0.2) is 4.98 Å². The molecule has 2 aliphatic heterocycles. The van der Waals surface area contributed by atoms with Crippen LogP contribution in [0.25, 0.3) is 11.3 Å². The zero-order chi connectivity index (χ0) is 18.8. The molecule has 1 atom stereocenters. The Balaban J connectivity index is 1.53. The van der Waals surface area contributed by atoms with Crippen LogP contribution in [0.3, 0.4) is 0 Å². The van der Waals surface area contributed by atoms with Crippen molar-refractivity contribution in [1.29, 1.82) is 0 Å². The SMILES string of the molecule is CCN1CCCC1CN(C)C(=O)c1ncoc1-c1ccc2c(c1)OCCO2. The van der Waals surface area contributed by atoms with E-state index in [0.717, 1.165) is 25.1 Å². The number of rotatable bonds is 5. The van der Waals surface area contributed by atoms with Gasteiger partial charge in [-0.15, -0.1) is 0 Å². The highest BCUT2D eigenvalue weighted by Crippen LogP contribution is 2.35. The summed E-state index contributed by atoms with van der Waals surface area (Å²) in [4.78, 5) is 21.4. The Morgan fingerprint density at radius 2 is 2.11 bits per heavy atom. The fraction of sp³-hybridized carbons (Fsp3) is 0.500. The lowest BCUT2D eigenvalue weighted by Crippen LogP contribution is -2.41. The van der Waals surface area contributed by atoms with Crippen molar-refractivity contribution in [2.24, 2.45) is 0 Å². The third kappa shape index (κ3) is 3.51. The second kappa shape index (κ2) is 7.60. The normalized spacial score (nSPS) is 19.3. The first-order chi connectivity index (χ1) is 13.2. The molecule has 1 fully saturated rings. The largest absolute Gasteiger partial charge is 0.486 e. The molecule has 27 heavy (non-hydrogen) atoms. The van der Waals surface area contributed by atoms with Gasteiger partial charge in [0.2, 0.25) is 0 Å². The van der Waals surface area contributed by atoms with E-state index in [4.69, 9.17) is 13.9 Å². The zero-order valence-corrected chi connectivity index (χ0v) is 15.8. The van der Waals surface area contributed by atoms with E-state index >= 15 is 0 Å². The van der Waals surface area contributed by atoms with Gasteiger partial charge in [0.05, 0.1) is 0 Å². The van der Waals surface area contributed by atoms with E-state index in [1.807, 2.05) is 25.2 Å². The van der Waals surface area contributed by atoms with E-state index < -0.39 is 0 Å². The number of carbonyl (C=O) groups excluding carboxylic acids is 1. The molecule has 0 saturated carbocycles. The molecule has 1 aromatic carbocycles. The predicted molar refractivity (Wildman–Crippen MR) is 100 cm³/mol. The average molecular weight is 371 g/mol. The standard InChI is InChI=1S/C20H25N3O4/c1-3-23-8-4-5-15(23)12-22(2)20(24)18-19(27-13-21-18)14-6-7-16-17(11-14)26-10-9-25-16/h6-7,11,13,15H,3-5,8-10,12H2,1-2H3. The number of carbonyl (C=O) groups is 1. The molecule has 2 aliphatic rings. The molecule has 4 rings (SSSR count). The van der Waals surface area contributed by atoms with Crippen LogP contribution in [0.5, 0.6) is 11.5 Å². The highest BCUT2D eigenvalue weighted by Gasteiger charge is 2.28. The third-order valence-corrected chi connectivity index (χ3v) is 5.31. The molecule has 7 heteroatoms. The minimum Gasteiger partial charge on any atom is -0.486 e. The molecular formula is C20H25N3O4. The Bertz CT molecular complexity index is 819. The first-order valence-corrected chi connectivity index (χ1v) is 9.50. The van der Waals surface area contributed by atoms with Crippen LogP contribution in [0.4, 0.5) is 0 Å². The molecule has 3 heterocycles. The number of hydrogen-bond donors (Lipinski definition) is 0. The van der Waals surface area contributed by atoms with E-state index in [1.54, 1.807) is 4.90 Å². The van der Waals surface area contributed by atoms with Crippen molar-refractivity contribution >= 4 is 5.91 Å². The summed E-state index contributed by atoms with van der Waals surface area (Å²) in [6, 6.07) is 5.94. The average Bonchev–Trinajstić information content (AvgIpc) is 3.36. The monoisotopic (exact) mass is 371 g/mol. The van der Waals surface area contributed by atoms with E-state index in [2.05, 4.69) is 16.8 Å². The molecule has 1 amide bonds. The van der Waals surface area contributed by atoms with Crippen LogP contribution in [0.15, 0.2) is 29.0 Å². The Hall–Kier alpha value is -2.54. The van der Waals surface area contributed by atoms with Gasteiger partial charge < -0.3 is 18.8 Å². The molecule has 7 nitrogen and oxygen atoms in total. The second-order valence-corrected chi connectivity index (χ2v) is 7.00. The van der Waals surface area contributed by atoms with E-state index in [1.165, 1.54) is 12.8 Å². The summed E-state index contributed by atoms with van der Waals surface area (Å²) in [5.74, 6) is 1.70. The highest BCUT2D eigenvalue weighted by atomic mass is 16.6. The summed E-state index contributed by atoms with van der Waals surface area (Å²) in [6.07, 6.45) is 3.63. The van der Waals surface area contributed by atoms with Gasteiger partial charge in [0, 0.05) is 25.2 Å². The minimum absolute atomic E-state index is 0.128. The number of nitrogens with zero attached hydrogens (tertiary/aromatic N) is 3. The predicted octanol–water partition coefficient (Wildman–Crippen LogP) is 2.67. The van der Waals surface area contributed by atoms with Crippen molar-refractivity contribution in [1.82, 2.24) is 14.8 Å². The van der Waals surface area contributed by atoms with Crippen molar-refractivity contribution in [3.63, 3.8) is 0 Å². The van der Waals surface area contributed by atoms with Crippen molar-refractivity contribution < 1.29 is 18.7 Å². The quantitative estimate of drug-likeness (QED) is 0.805. The molecule has 144 valence electrons. The molecule has 0 N–H and O–H groups in total. The Labute approximate surface area is 158 Å². The Morgan fingerprint density at radius 1 is 1.30 bits per heavy atom. The van der Waals surface area contributed by atoms with E-state index in [9.17, 15) is 4.79 Å². The van der Waals surface area contributed by atoms with Gasteiger partial charge in [-0.05, 0) is 44.1 Å². The maximum Gasteiger partial charge on any atom is 0.276 e. The number of ether oxygens (including phenoxy) is 2. The maximum absolute atomic E-state index is 13.0. The van der Waals surface area contributed by atoms with Crippen LogP contribution in [0.1, 0.15) is 30.3 Å². The fourth-order valence-corrected chi connectivity index (χ4v) is 3.89. The summed E-state index contributed by atoms with van der Waals surface area (Å²) >= 11 is 0. The fourth-order valence-electron chi connectivity index (χ4n) is 3.89. The number of oxazole rings is 1. The Kier molecular flexibility index (Phi) is 5.03. The number of fused-ring (bicyclic) bond motifs is 1. The Morgan fingerprint density at radius 3 is 2.93 bits per heavy atom. The van der Waals surface area contributed by atoms with Crippen LogP contribution in [0.2, 0.25) is 0 Å². The molecule has 0 bridgehead atoms. The van der Waals surface area contributed by atoms with Crippen LogP contribution in [0, 0.1) is 0 Å². The lowest BCUT2D eigenvalue weighted by Gasteiger charge is -2.27. The summed E-state index contributed by atoms with van der Waals surface area (Å²) in [5.41, 5.74) is 1.08. The summed E-state index contributed by atoms with van der Waals surface area (Å²) in [6.45, 7) is 6.03. The molecule has 2 aromatic rings. The third-order valence-electron chi connectivity index (χ3n) is 5.31. The second-order valence-electron chi connectivity index (χ2n) is 7.00.